The van der Waals surface area contributed by atoms with Gasteiger partial charge in [0.25, 0.3) is 0 Å². The van der Waals surface area contributed by atoms with Gasteiger partial charge in [0, 0.05) is 13.0 Å². The summed E-state index contributed by atoms with van der Waals surface area (Å²) < 4.78 is 5.43. The van der Waals surface area contributed by atoms with Crippen LogP contribution in [0.2, 0.25) is 0 Å². The van der Waals surface area contributed by atoms with E-state index in [1.807, 2.05) is 32.2 Å². The van der Waals surface area contributed by atoms with Crippen LogP contribution in [0.4, 0.5) is 0 Å². The van der Waals surface area contributed by atoms with Crippen LogP contribution in [0, 0.1) is 0 Å². The molecule has 1 aliphatic heterocycles. The van der Waals surface area contributed by atoms with E-state index in [-0.39, 0.29) is 0 Å². The monoisotopic (exact) mass is 207 g/mol. The van der Waals surface area contributed by atoms with E-state index in [4.69, 9.17) is 4.74 Å². The minimum Gasteiger partial charge on any atom is -0.493 e. The highest BCUT2D eigenvalue weighted by Crippen LogP contribution is 2.30. The van der Waals surface area contributed by atoms with Gasteiger partial charge >= 0.3 is 0 Å². The number of fused-ring (bicyclic) bond motifs is 1. The summed E-state index contributed by atoms with van der Waals surface area (Å²) in [6.45, 7) is 3.13. The van der Waals surface area contributed by atoms with Gasteiger partial charge in [-0.25, -0.2) is 0 Å². The lowest BCUT2D eigenvalue weighted by atomic mass is 9.94. The molecule has 82 valence electrons. The maximum absolute atomic E-state index is 10.2. The van der Waals surface area contributed by atoms with E-state index >= 15 is 0 Å². The van der Waals surface area contributed by atoms with E-state index in [0.29, 0.717) is 6.54 Å². The van der Waals surface area contributed by atoms with Crippen LogP contribution in [0.25, 0.3) is 0 Å². The Morgan fingerprint density at radius 3 is 3.07 bits per heavy atom. The third kappa shape index (κ3) is 1.98. The number of benzene rings is 1. The van der Waals surface area contributed by atoms with E-state index in [1.165, 1.54) is 5.56 Å². The van der Waals surface area contributed by atoms with Crippen molar-refractivity contribution in [2.75, 3.05) is 20.2 Å². The average Bonchev–Trinajstić information content (AvgIpc) is 2.63. The molecule has 0 saturated carbocycles. The van der Waals surface area contributed by atoms with Crippen LogP contribution in [-0.2, 0) is 12.0 Å². The van der Waals surface area contributed by atoms with Crippen molar-refractivity contribution in [3.05, 3.63) is 29.3 Å². The first-order valence-corrected chi connectivity index (χ1v) is 5.27. The van der Waals surface area contributed by atoms with Gasteiger partial charge in [-0.15, -0.1) is 0 Å². The summed E-state index contributed by atoms with van der Waals surface area (Å²) in [6.07, 6.45) is 0.943. The molecule has 0 aliphatic carbocycles. The fourth-order valence-corrected chi connectivity index (χ4v) is 1.97. The molecule has 1 aromatic rings. The maximum Gasteiger partial charge on any atom is 0.122 e. The molecule has 2 rings (SSSR count). The van der Waals surface area contributed by atoms with Crippen molar-refractivity contribution < 1.29 is 9.84 Å². The zero-order valence-corrected chi connectivity index (χ0v) is 9.21. The summed E-state index contributed by atoms with van der Waals surface area (Å²) in [6, 6.07) is 5.92. The summed E-state index contributed by atoms with van der Waals surface area (Å²) in [5, 5.41) is 13.2. The van der Waals surface area contributed by atoms with Gasteiger partial charge in [0.15, 0.2) is 0 Å². The summed E-state index contributed by atoms with van der Waals surface area (Å²) in [7, 11) is 1.84. The first-order chi connectivity index (χ1) is 7.13. The minimum atomic E-state index is -0.813. The zero-order chi connectivity index (χ0) is 10.9. The topological polar surface area (TPSA) is 41.5 Å². The lowest BCUT2D eigenvalue weighted by Gasteiger charge is -2.23. The van der Waals surface area contributed by atoms with Gasteiger partial charge < -0.3 is 15.2 Å². The molecular formula is C12H17NO2. The number of rotatable bonds is 3. The Labute approximate surface area is 90.1 Å². The molecule has 0 spiro atoms. The van der Waals surface area contributed by atoms with Gasteiger partial charge in [-0.1, -0.05) is 6.07 Å². The number of hydrogen-bond donors (Lipinski definition) is 2. The smallest absolute Gasteiger partial charge is 0.122 e. The molecule has 3 nitrogen and oxygen atoms in total. The fourth-order valence-electron chi connectivity index (χ4n) is 1.97. The number of nitrogens with one attached hydrogen (secondary N) is 1. The normalized spacial score (nSPS) is 18.1. The molecular weight excluding hydrogens is 190 g/mol. The molecule has 1 atom stereocenters. The second kappa shape index (κ2) is 3.83. The standard InChI is InChI=1S/C12H17NO2/c1-12(14,8-13-2)10-3-4-11-9(7-10)5-6-15-11/h3-4,7,13-14H,5-6,8H2,1-2H3. The molecule has 0 amide bonds. The third-order valence-electron chi connectivity index (χ3n) is 2.83. The summed E-state index contributed by atoms with van der Waals surface area (Å²) in [4.78, 5) is 0. The molecule has 15 heavy (non-hydrogen) atoms. The molecule has 0 radical (unpaired) electrons. The average molecular weight is 207 g/mol. The predicted molar refractivity (Wildman–Crippen MR) is 59.1 cm³/mol. The highest BCUT2D eigenvalue weighted by Gasteiger charge is 2.24. The van der Waals surface area contributed by atoms with Crippen LogP contribution in [-0.4, -0.2) is 25.3 Å². The lowest BCUT2D eigenvalue weighted by molar-refractivity contribution is 0.0591. The molecule has 0 saturated heterocycles. The van der Waals surface area contributed by atoms with Crippen LogP contribution in [0.1, 0.15) is 18.1 Å². The highest BCUT2D eigenvalue weighted by atomic mass is 16.5. The van der Waals surface area contributed by atoms with Gasteiger partial charge in [0.2, 0.25) is 0 Å². The van der Waals surface area contributed by atoms with E-state index in [9.17, 15) is 5.11 Å². The van der Waals surface area contributed by atoms with Crippen LogP contribution < -0.4 is 10.1 Å². The van der Waals surface area contributed by atoms with Crippen molar-refractivity contribution >= 4 is 0 Å². The van der Waals surface area contributed by atoms with Gasteiger partial charge in [-0.2, -0.15) is 0 Å². The minimum absolute atomic E-state index is 0.548. The Kier molecular flexibility index (Phi) is 2.67. The third-order valence-corrected chi connectivity index (χ3v) is 2.83. The predicted octanol–water partition coefficient (Wildman–Crippen LogP) is 1.05. The number of likely N-dealkylation sites (N-methyl/N-ethyl adjacent to an activating group) is 1. The molecule has 0 aromatic heterocycles. The molecule has 1 unspecified atom stereocenters. The van der Waals surface area contributed by atoms with Crippen LogP contribution in [0.15, 0.2) is 18.2 Å². The second-order valence-corrected chi connectivity index (χ2v) is 4.23. The number of hydrogen-bond acceptors (Lipinski definition) is 3. The summed E-state index contributed by atoms with van der Waals surface area (Å²) in [5.74, 6) is 0.957. The van der Waals surface area contributed by atoms with Crippen LogP contribution in [0.5, 0.6) is 5.75 Å². The summed E-state index contributed by atoms with van der Waals surface area (Å²) >= 11 is 0. The first kappa shape index (κ1) is 10.5. The van der Waals surface area contributed by atoms with Gasteiger partial charge in [0.1, 0.15) is 5.75 Å². The van der Waals surface area contributed by atoms with Crippen molar-refractivity contribution in [1.29, 1.82) is 0 Å². The van der Waals surface area contributed by atoms with E-state index in [2.05, 4.69) is 5.32 Å². The summed E-state index contributed by atoms with van der Waals surface area (Å²) in [5.41, 5.74) is 1.33. The van der Waals surface area contributed by atoms with Gasteiger partial charge in [-0.05, 0) is 37.2 Å². The van der Waals surface area contributed by atoms with Gasteiger partial charge in [-0.3, -0.25) is 0 Å². The molecule has 1 heterocycles. The SMILES string of the molecule is CNCC(C)(O)c1ccc2c(c1)CCO2. The van der Waals surface area contributed by atoms with Crippen molar-refractivity contribution in [3.63, 3.8) is 0 Å². The van der Waals surface area contributed by atoms with E-state index in [1.54, 1.807) is 0 Å². The molecule has 1 aromatic carbocycles. The Morgan fingerprint density at radius 1 is 1.53 bits per heavy atom. The largest absolute Gasteiger partial charge is 0.493 e. The number of ether oxygens (including phenoxy) is 1. The molecule has 0 fully saturated rings. The molecule has 0 bridgehead atoms. The first-order valence-electron chi connectivity index (χ1n) is 5.27. The van der Waals surface area contributed by atoms with E-state index < -0.39 is 5.60 Å². The maximum atomic E-state index is 10.2. The Hall–Kier alpha value is -1.06. The molecule has 1 aliphatic rings. The van der Waals surface area contributed by atoms with Crippen molar-refractivity contribution in [2.24, 2.45) is 0 Å². The fraction of sp³-hybridized carbons (Fsp3) is 0.500. The van der Waals surface area contributed by atoms with Crippen LogP contribution >= 0.6 is 0 Å². The van der Waals surface area contributed by atoms with Gasteiger partial charge in [0.05, 0.1) is 12.2 Å². The molecule has 3 heteroatoms. The second-order valence-electron chi connectivity index (χ2n) is 4.23. The Bertz CT molecular complexity index is 361. The lowest BCUT2D eigenvalue weighted by Crippen LogP contribution is -2.33. The van der Waals surface area contributed by atoms with Crippen molar-refractivity contribution in [3.8, 4) is 5.75 Å². The Morgan fingerprint density at radius 2 is 2.33 bits per heavy atom. The Balaban J connectivity index is 2.29. The van der Waals surface area contributed by atoms with Crippen LogP contribution in [0.3, 0.4) is 0 Å². The zero-order valence-electron chi connectivity index (χ0n) is 9.21. The highest BCUT2D eigenvalue weighted by molar-refractivity contribution is 5.41. The quantitative estimate of drug-likeness (QED) is 0.778. The molecule has 2 N–H and O–H groups in total. The van der Waals surface area contributed by atoms with Crippen molar-refractivity contribution in [2.45, 2.75) is 18.9 Å². The van der Waals surface area contributed by atoms with E-state index in [0.717, 1.165) is 24.3 Å². The van der Waals surface area contributed by atoms with Crippen molar-refractivity contribution in [1.82, 2.24) is 5.32 Å². The number of aliphatic hydroxyl groups is 1.